The molecule has 1 aliphatic heterocycles. The summed E-state index contributed by atoms with van der Waals surface area (Å²) < 4.78 is 5.61. The van der Waals surface area contributed by atoms with Crippen LogP contribution in [0.15, 0.2) is 24.3 Å². The molecule has 2 N–H and O–H groups in total. The predicted molar refractivity (Wildman–Crippen MR) is 106 cm³/mol. The second-order valence-electron chi connectivity index (χ2n) is 6.87. The zero-order valence-electron chi connectivity index (χ0n) is 15.2. The van der Waals surface area contributed by atoms with Gasteiger partial charge in [-0.3, -0.25) is 0 Å². The Kier molecular flexibility index (Phi) is 7.79. The molecule has 0 bridgehead atoms. The number of nitrogens with zero attached hydrogens (tertiary/aromatic N) is 1. The average Bonchev–Trinajstić information content (AvgIpc) is 2.53. The van der Waals surface area contributed by atoms with Crippen molar-refractivity contribution in [2.24, 2.45) is 11.8 Å². The van der Waals surface area contributed by atoms with E-state index in [1.54, 1.807) is 0 Å². The van der Waals surface area contributed by atoms with Crippen molar-refractivity contribution in [3.8, 4) is 5.75 Å². The van der Waals surface area contributed by atoms with Crippen LogP contribution in [0.5, 0.6) is 5.75 Å². The second-order valence-corrected chi connectivity index (χ2v) is 7.28. The summed E-state index contributed by atoms with van der Waals surface area (Å²) in [6.07, 6.45) is 2.47. The molecule has 0 unspecified atom stereocenters. The summed E-state index contributed by atoms with van der Waals surface area (Å²) in [5.74, 6) is 2.47. The Balaban J connectivity index is 1.68. The number of thiocarbonyl (C=S) groups is 1. The lowest BCUT2D eigenvalue weighted by molar-refractivity contribution is 0.140. The SMILES string of the molecule is CCOc1ccccc1NC(=S)NCCCN1C[C@H](C)C[C@H](C)C1. The first-order valence-electron chi connectivity index (χ1n) is 9.07. The van der Waals surface area contributed by atoms with Crippen molar-refractivity contribution >= 4 is 23.0 Å². The van der Waals surface area contributed by atoms with Gasteiger partial charge < -0.3 is 20.3 Å². The maximum absolute atomic E-state index is 5.61. The van der Waals surface area contributed by atoms with Crippen LogP contribution < -0.4 is 15.4 Å². The Labute approximate surface area is 152 Å². The minimum absolute atomic E-state index is 0.644. The van der Waals surface area contributed by atoms with Crippen molar-refractivity contribution in [2.45, 2.75) is 33.6 Å². The van der Waals surface area contributed by atoms with Crippen molar-refractivity contribution in [1.82, 2.24) is 10.2 Å². The molecule has 0 aliphatic carbocycles. The number of nitrogens with one attached hydrogen (secondary N) is 2. The molecule has 0 aromatic heterocycles. The highest BCUT2D eigenvalue weighted by Crippen LogP contribution is 2.23. The van der Waals surface area contributed by atoms with E-state index in [0.29, 0.717) is 11.7 Å². The van der Waals surface area contributed by atoms with Gasteiger partial charge in [0.2, 0.25) is 0 Å². The van der Waals surface area contributed by atoms with E-state index in [-0.39, 0.29) is 0 Å². The van der Waals surface area contributed by atoms with Gasteiger partial charge in [0, 0.05) is 19.6 Å². The van der Waals surface area contributed by atoms with Crippen LogP contribution in [-0.2, 0) is 0 Å². The Bertz CT molecular complexity index is 513. The zero-order chi connectivity index (χ0) is 17.4. The van der Waals surface area contributed by atoms with Crippen molar-refractivity contribution in [3.05, 3.63) is 24.3 Å². The first-order valence-corrected chi connectivity index (χ1v) is 9.48. The standard InChI is InChI=1S/C19H31N3OS/c1-4-23-18-9-6-5-8-17(18)21-19(24)20-10-7-11-22-13-15(2)12-16(3)14-22/h5-6,8-9,15-16H,4,7,10-14H2,1-3H3,(H2,20,21,24)/t15-,16+. The van der Waals surface area contributed by atoms with Gasteiger partial charge in [-0.05, 0) is 62.5 Å². The maximum atomic E-state index is 5.61. The minimum atomic E-state index is 0.644. The minimum Gasteiger partial charge on any atom is -0.492 e. The van der Waals surface area contributed by atoms with Gasteiger partial charge in [-0.2, -0.15) is 0 Å². The molecule has 2 atom stereocenters. The first kappa shape index (κ1) is 19.0. The average molecular weight is 350 g/mol. The van der Waals surface area contributed by atoms with E-state index in [0.717, 1.165) is 42.8 Å². The molecule has 0 spiro atoms. The number of benzene rings is 1. The Morgan fingerprint density at radius 2 is 1.96 bits per heavy atom. The van der Waals surface area contributed by atoms with Crippen molar-refractivity contribution < 1.29 is 4.74 Å². The van der Waals surface area contributed by atoms with Gasteiger partial charge in [0.1, 0.15) is 5.75 Å². The molecule has 24 heavy (non-hydrogen) atoms. The lowest BCUT2D eigenvalue weighted by Crippen LogP contribution is -2.40. The number of anilines is 1. The first-order chi connectivity index (χ1) is 11.6. The summed E-state index contributed by atoms with van der Waals surface area (Å²) >= 11 is 5.40. The fourth-order valence-corrected chi connectivity index (χ4v) is 3.71. The van der Waals surface area contributed by atoms with Crippen LogP contribution in [0.1, 0.15) is 33.6 Å². The summed E-state index contributed by atoms with van der Waals surface area (Å²) in [7, 11) is 0. The quantitative estimate of drug-likeness (QED) is 0.579. The van der Waals surface area contributed by atoms with Crippen molar-refractivity contribution in [1.29, 1.82) is 0 Å². The van der Waals surface area contributed by atoms with Crippen LogP contribution >= 0.6 is 12.2 Å². The van der Waals surface area contributed by atoms with Crippen LogP contribution in [0.4, 0.5) is 5.69 Å². The number of hydrogen-bond acceptors (Lipinski definition) is 3. The van der Waals surface area contributed by atoms with Gasteiger partial charge in [0.05, 0.1) is 12.3 Å². The van der Waals surface area contributed by atoms with Gasteiger partial charge in [-0.15, -0.1) is 0 Å². The van der Waals surface area contributed by atoms with Crippen LogP contribution in [0.25, 0.3) is 0 Å². The van der Waals surface area contributed by atoms with E-state index < -0.39 is 0 Å². The molecule has 4 nitrogen and oxygen atoms in total. The zero-order valence-corrected chi connectivity index (χ0v) is 16.0. The number of hydrogen-bond donors (Lipinski definition) is 2. The summed E-state index contributed by atoms with van der Waals surface area (Å²) in [6, 6.07) is 7.88. The highest BCUT2D eigenvalue weighted by atomic mass is 32.1. The Morgan fingerprint density at radius 1 is 1.25 bits per heavy atom. The van der Waals surface area contributed by atoms with Crippen molar-refractivity contribution in [3.63, 3.8) is 0 Å². The lowest BCUT2D eigenvalue weighted by Gasteiger charge is -2.35. The third-order valence-corrected chi connectivity index (χ3v) is 4.56. The monoisotopic (exact) mass is 349 g/mol. The molecular formula is C19H31N3OS. The number of piperidine rings is 1. The number of para-hydroxylation sites is 2. The van der Waals surface area contributed by atoms with Crippen LogP contribution in [-0.4, -0.2) is 42.8 Å². The molecule has 1 fully saturated rings. The summed E-state index contributed by atoms with van der Waals surface area (Å²) in [5.41, 5.74) is 0.913. The molecular weight excluding hydrogens is 318 g/mol. The fourth-order valence-electron chi connectivity index (χ4n) is 3.50. The van der Waals surface area contributed by atoms with E-state index in [9.17, 15) is 0 Å². The predicted octanol–water partition coefficient (Wildman–Crippen LogP) is 3.74. The van der Waals surface area contributed by atoms with E-state index in [2.05, 4.69) is 29.4 Å². The van der Waals surface area contributed by atoms with Gasteiger partial charge in [0.25, 0.3) is 0 Å². The smallest absolute Gasteiger partial charge is 0.170 e. The third-order valence-electron chi connectivity index (χ3n) is 4.32. The summed E-state index contributed by atoms with van der Waals surface area (Å²) in [6.45, 7) is 11.8. The Morgan fingerprint density at radius 3 is 2.67 bits per heavy atom. The summed E-state index contributed by atoms with van der Waals surface area (Å²) in [4.78, 5) is 2.58. The molecule has 0 radical (unpaired) electrons. The van der Waals surface area contributed by atoms with Crippen LogP contribution in [0.2, 0.25) is 0 Å². The highest BCUT2D eigenvalue weighted by Gasteiger charge is 2.20. The molecule has 0 amide bonds. The Hall–Kier alpha value is -1.33. The molecule has 1 aliphatic rings. The van der Waals surface area contributed by atoms with Gasteiger partial charge in [-0.1, -0.05) is 26.0 Å². The summed E-state index contributed by atoms with van der Waals surface area (Å²) in [5, 5.41) is 7.19. The van der Waals surface area contributed by atoms with Crippen LogP contribution in [0.3, 0.4) is 0 Å². The number of rotatable bonds is 7. The molecule has 5 heteroatoms. The van der Waals surface area contributed by atoms with E-state index in [1.165, 1.54) is 19.5 Å². The maximum Gasteiger partial charge on any atom is 0.170 e. The molecule has 0 saturated carbocycles. The molecule has 134 valence electrons. The van der Waals surface area contributed by atoms with Gasteiger partial charge >= 0.3 is 0 Å². The van der Waals surface area contributed by atoms with E-state index in [1.807, 2.05) is 31.2 Å². The molecule has 1 heterocycles. The highest BCUT2D eigenvalue weighted by molar-refractivity contribution is 7.80. The topological polar surface area (TPSA) is 36.5 Å². The number of ether oxygens (including phenoxy) is 1. The molecule has 1 saturated heterocycles. The largest absolute Gasteiger partial charge is 0.492 e. The molecule has 1 aromatic rings. The number of likely N-dealkylation sites (tertiary alicyclic amines) is 1. The van der Waals surface area contributed by atoms with Crippen molar-refractivity contribution in [2.75, 3.05) is 38.1 Å². The van der Waals surface area contributed by atoms with Crippen LogP contribution in [0, 0.1) is 11.8 Å². The third kappa shape index (κ3) is 6.29. The van der Waals surface area contributed by atoms with E-state index >= 15 is 0 Å². The normalized spacial score (nSPS) is 21.3. The second kappa shape index (κ2) is 9.84. The fraction of sp³-hybridized carbons (Fsp3) is 0.632. The molecule has 1 aromatic carbocycles. The van der Waals surface area contributed by atoms with Gasteiger partial charge in [0.15, 0.2) is 5.11 Å². The van der Waals surface area contributed by atoms with Gasteiger partial charge in [-0.25, -0.2) is 0 Å². The lowest BCUT2D eigenvalue weighted by atomic mass is 9.92. The van der Waals surface area contributed by atoms with E-state index in [4.69, 9.17) is 17.0 Å². The molecule has 2 rings (SSSR count).